The summed E-state index contributed by atoms with van der Waals surface area (Å²) in [6.07, 6.45) is 2.13. The van der Waals surface area contributed by atoms with Crippen LogP contribution in [-0.4, -0.2) is 52.2 Å². The lowest BCUT2D eigenvalue weighted by atomic mass is 9.59. The molecule has 218 valence electrons. The van der Waals surface area contributed by atoms with E-state index in [0.29, 0.717) is 36.8 Å². The number of Topliss-reactive ketones (excluding diaryl/α,β-unsaturated/α-hetero) is 1. The fraction of sp³-hybridized carbons (Fsp3) is 0.636. The van der Waals surface area contributed by atoms with Crippen LogP contribution in [0.15, 0.2) is 48.6 Å². The van der Waals surface area contributed by atoms with Crippen LogP contribution in [0, 0.1) is 40.9 Å². The standard InChI is InChI=1S/C33H38O8/c1-6-24(35)41-33-14-22-16(3)8-10-20-18(5)30(37)40-28(20)26(22)32(33,38)12-11-31(33)23(34)13-21-15(2)7-9-19-17(4)29(36)39-27(19)25(21)31/h19-22,25-28,38H,2-14H2,1H3/t19-,20-,21-,22-,25?,26-,27-,28-,31+,32-,33-/m0/s1. The van der Waals surface area contributed by atoms with Gasteiger partial charge in [-0.1, -0.05) is 44.4 Å². The van der Waals surface area contributed by atoms with Crippen LogP contribution >= 0.6 is 0 Å². The van der Waals surface area contributed by atoms with E-state index in [4.69, 9.17) is 14.2 Å². The van der Waals surface area contributed by atoms with E-state index < -0.39 is 58.6 Å². The smallest absolute Gasteiger partial charge is 0.334 e. The maximum atomic E-state index is 14.6. The fourth-order valence-corrected chi connectivity index (χ4v) is 10.5. The van der Waals surface area contributed by atoms with Crippen molar-refractivity contribution in [1.29, 1.82) is 0 Å². The lowest BCUT2D eigenvalue weighted by Gasteiger charge is -2.50. The predicted molar refractivity (Wildman–Crippen MR) is 146 cm³/mol. The number of ether oxygens (including phenoxy) is 3. The number of hydrogen-bond acceptors (Lipinski definition) is 8. The summed E-state index contributed by atoms with van der Waals surface area (Å²) >= 11 is 0. The second-order valence-electron chi connectivity index (χ2n) is 13.5. The highest BCUT2D eigenvalue weighted by molar-refractivity contribution is 5.94. The molecule has 7 rings (SSSR count). The summed E-state index contributed by atoms with van der Waals surface area (Å²) in [5.41, 5.74) is -1.98. The maximum absolute atomic E-state index is 14.6. The van der Waals surface area contributed by atoms with Crippen molar-refractivity contribution >= 4 is 23.7 Å². The van der Waals surface area contributed by atoms with Crippen molar-refractivity contribution in [3.63, 3.8) is 0 Å². The number of allylic oxidation sites excluding steroid dienone is 2. The summed E-state index contributed by atoms with van der Waals surface area (Å²) in [6.45, 7) is 18.5. The third kappa shape index (κ3) is 3.05. The molecule has 0 amide bonds. The normalized spacial score (nSPS) is 48.2. The highest BCUT2D eigenvalue weighted by atomic mass is 16.6. The molecule has 2 aliphatic heterocycles. The number of aliphatic hydroxyl groups is 1. The van der Waals surface area contributed by atoms with Gasteiger partial charge in [-0.2, -0.15) is 0 Å². The molecule has 2 heterocycles. The van der Waals surface area contributed by atoms with E-state index in [9.17, 15) is 24.3 Å². The van der Waals surface area contributed by atoms with Crippen LogP contribution in [0.3, 0.4) is 0 Å². The molecular weight excluding hydrogens is 524 g/mol. The van der Waals surface area contributed by atoms with Crippen LogP contribution in [0.5, 0.6) is 0 Å². The van der Waals surface area contributed by atoms with E-state index >= 15 is 0 Å². The number of fused-ring (bicyclic) bond motifs is 10. The molecule has 0 aromatic heterocycles. The van der Waals surface area contributed by atoms with Gasteiger partial charge in [-0.15, -0.1) is 0 Å². The number of carbonyl (C=O) groups is 4. The van der Waals surface area contributed by atoms with Crippen LogP contribution in [0.1, 0.15) is 64.7 Å². The molecule has 5 saturated carbocycles. The average Bonchev–Trinajstić information content (AvgIpc) is 3.58. The molecular formula is C33H38O8. The topological polar surface area (TPSA) is 116 Å². The molecule has 0 bridgehead atoms. The molecule has 7 fully saturated rings. The molecule has 8 nitrogen and oxygen atoms in total. The van der Waals surface area contributed by atoms with Gasteiger partial charge in [-0.25, -0.2) is 9.59 Å². The van der Waals surface area contributed by atoms with E-state index in [-0.39, 0.29) is 61.6 Å². The van der Waals surface area contributed by atoms with Gasteiger partial charge < -0.3 is 19.3 Å². The Morgan fingerprint density at radius 3 is 2.02 bits per heavy atom. The molecule has 11 atom stereocenters. The Bertz CT molecular complexity index is 1360. The zero-order valence-electron chi connectivity index (χ0n) is 23.6. The fourth-order valence-electron chi connectivity index (χ4n) is 10.5. The highest BCUT2D eigenvalue weighted by Gasteiger charge is 2.85. The molecule has 2 saturated heterocycles. The largest absolute Gasteiger partial charge is 0.458 e. The van der Waals surface area contributed by atoms with Crippen LogP contribution in [-0.2, 0) is 33.4 Å². The van der Waals surface area contributed by atoms with Gasteiger partial charge in [0.1, 0.15) is 23.6 Å². The van der Waals surface area contributed by atoms with Gasteiger partial charge in [0.2, 0.25) is 0 Å². The molecule has 0 aromatic carbocycles. The van der Waals surface area contributed by atoms with Crippen molar-refractivity contribution in [2.45, 2.75) is 88.1 Å². The van der Waals surface area contributed by atoms with Gasteiger partial charge in [-0.05, 0) is 56.8 Å². The first-order valence-corrected chi connectivity index (χ1v) is 15.0. The molecule has 1 N–H and O–H groups in total. The number of carbonyl (C=O) groups excluding carboxylic acids is 4. The van der Waals surface area contributed by atoms with Gasteiger partial charge in [0, 0.05) is 47.7 Å². The summed E-state index contributed by atoms with van der Waals surface area (Å²) in [6, 6.07) is 0. The Morgan fingerprint density at radius 2 is 1.44 bits per heavy atom. The van der Waals surface area contributed by atoms with Crippen LogP contribution in [0.4, 0.5) is 0 Å². The van der Waals surface area contributed by atoms with E-state index in [1.807, 2.05) is 0 Å². The quantitative estimate of drug-likeness (QED) is 0.233. The number of hydrogen-bond donors (Lipinski definition) is 1. The van der Waals surface area contributed by atoms with Gasteiger partial charge in [0.15, 0.2) is 5.60 Å². The third-order valence-electron chi connectivity index (χ3n) is 12.3. The SMILES string of the molecule is C=C1CC[C@H]2C(=C)C(=O)O[C@@H]2C2[C@H]1CC(=O)[C@]21CC[C@]2(O)[C@@H]3[C@H]4OC(=O)C(=C)[C@@H]4CCC(=C)[C@@H]3C[C@]12OC(=O)CC. The minimum atomic E-state index is -1.67. The zero-order valence-corrected chi connectivity index (χ0v) is 23.6. The van der Waals surface area contributed by atoms with Crippen LogP contribution in [0.25, 0.3) is 0 Å². The summed E-state index contributed by atoms with van der Waals surface area (Å²) < 4.78 is 18.4. The molecule has 8 heteroatoms. The van der Waals surface area contributed by atoms with Crippen molar-refractivity contribution in [2.75, 3.05) is 0 Å². The first-order valence-electron chi connectivity index (χ1n) is 15.0. The first-order chi connectivity index (χ1) is 19.4. The summed E-state index contributed by atoms with van der Waals surface area (Å²) in [5.74, 6) is -3.86. The van der Waals surface area contributed by atoms with Gasteiger partial charge >= 0.3 is 17.9 Å². The number of esters is 3. The molecule has 7 aliphatic rings. The summed E-state index contributed by atoms with van der Waals surface area (Å²) in [7, 11) is 0. The van der Waals surface area contributed by atoms with E-state index in [1.54, 1.807) is 6.92 Å². The first kappa shape index (κ1) is 26.9. The lowest BCUT2D eigenvalue weighted by Crippen LogP contribution is -2.65. The van der Waals surface area contributed by atoms with E-state index in [1.165, 1.54) is 0 Å². The second kappa shape index (κ2) is 8.52. The molecule has 1 unspecified atom stereocenters. The Morgan fingerprint density at radius 1 is 0.878 bits per heavy atom. The molecule has 0 radical (unpaired) electrons. The third-order valence-corrected chi connectivity index (χ3v) is 12.3. The average molecular weight is 563 g/mol. The maximum Gasteiger partial charge on any atom is 0.334 e. The molecule has 5 aliphatic carbocycles. The zero-order chi connectivity index (χ0) is 29.2. The minimum absolute atomic E-state index is 0.0644. The van der Waals surface area contributed by atoms with Crippen molar-refractivity contribution in [3.05, 3.63) is 48.6 Å². The Kier molecular flexibility index (Phi) is 5.59. The van der Waals surface area contributed by atoms with Crippen molar-refractivity contribution in [2.24, 2.45) is 40.9 Å². The molecule has 0 aromatic rings. The second-order valence-corrected chi connectivity index (χ2v) is 13.5. The molecule has 41 heavy (non-hydrogen) atoms. The van der Waals surface area contributed by atoms with Gasteiger partial charge in [0.05, 0.1) is 5.41 Å². The Labute approximate surface area is 239 Å². The van der Waals surface area contributed by atoms with Gasteiger partial charge in [0.25, 0.3) is 0 Å². The van der Waals surface area contributed by atoms with E-state index in [2.05, 4.69) is 26.3 Å². The van der Waals surface area contributed by atoms with Crippen molar-refractivity contribution in [3.8, 4) is 0 Å². The van der Waals surface area contributed by atoms with Crippen molar-refractivity contribution < 1.29 is 38.5 Å². The van der Waals surface area contributed by atoms with Crippen LogP contribution < -0.4 is 0 Å². The number of rotatable bonds is 2. The highest BCUT2D eigenvalue weighted by Crippen LogP contribution is 2.75. The van der Waals surface area contributed by atoms with E-state index in [0.717, 1.165) is 11.1 Å². The van der Waals surface area contributed by atoms with Gasteiger partial charge in [-0.3, -0.25) is 9.59 Å². The Balaban J connectivity index is 1.45. The summed E-state index contributed by atoms with van der Waals surface area (Å²) in [5, 5.41) is 13.1. The summed E-state index contributed by atoms with van der Waals surface area (Å²) in [4.78, 5) is 53.5. The lowest BCUT2D eigenvalue weighted by molar-refractivity contribution is -0.226. The Hall–Kier alpha value is -3.00. The van der Waals surface area contributed by atoms with Crippen LogP contribution in [0.2, 0.25) is 0 Å². The monoisotopic (exact) mass is 562 g/mol. The predicted octanol–water partition coefficient (Wildman–Crippen LogP) is 3.93. The molecule has 1 spiro atoms. The van der Waals surface area contributed by atoms with Crippen molar-refractivity contribution in [1.82, 2.24) is 0 Å². The minimum Gasteiger partial charge on any atom is -0.458 e. The number of ketones is 1.